The van der Waals surface area contributed by atoms with Gasteiger partial charge in [0.2, 0.25) is 0 Å². The molecule has 142 valence electrons. The summed E-state index contributed by atoms with van der Waals surface area (Å²) in [5, 5.41) is 2.98. The maximum atomic E-state index is 12.1. The lowest BCUT2D eigenvalue weighted by Crippen LogP contribution is -2.29. The van der Waals surface area contributed by atoms with Crippen LogP contribution >= 0.6 is 23.2 Å². The van der Waals surface area contributed by atoms with E-state index in [2.05, 4.69) is 20.3 Å². The molecule has 2 aromatic heterocycles. The Kier molecular flexibility index (Phi) is 6.18. The van der Waals surface area contributed by atoms with Crippen LogP contribution < -0.4 is 5.32 Å². The van der Waals surface area contributed by atoms with Crippen LogP contribution in [0.25, 0.3) is 17.1 Å². The third kappa shape index (κ3) is 5.03. The third-order valence-corrected chi connectivity index (χ3v) is 4.06. The first kappa shape index (κ1) is 19.7. The molecule has 1 N–H and O–H groups in total. The number of nitrogens with zero attached hydrogens (tertiary/aromatic N) is 3. The summed E-state index contributed by atoms with van der Waals surface area (Å²) < 4.78 is 5.07. The molecule has 0 saturated carbocycles. The average Bonchev–Trinajstić information content (AvgIpc) is 2.68. The maximum Gasteiger partial charge on any atom is 0.331 e. The number of fused-ring (bicyclic) bond motifs is 1. The van der Waals surface area contributed by atoms with Crippen molar-refractivity contribution in [1.82, 2.24) is 15.0 Å². The molecule has 7 nitrogen and oxygen atoms in total. The van der Waals surface area contributed by atoms with E-state index in [1.165, 1.54) is 37.5 Å². The van der Waals surface area contributed by atoms with Crippen LogP contribution in [0.3, 0.4) is 0 Å². The van der Waals surface area contributed by atoms with Gasteiger partial charge in [0.15, 0.2) is 11.9 Å². The summed E-state index contributed by atoms with van der Waals surface area (Å²) in [6.07, 6.45) is 4.46. The molecule has 0 aliphatic heterocycles. The van der Waals surface area contributed by atoms with Gasteiger partial charge in [-0.1, -0.05) is 35.3 Å². The van der Waals surface area contributed by atoms with E-state index in [0.717, 1.165) is 5.52 Å². The van der Waals surface area contributed by atoms with E-state index < -0.39 is 18.0 Å². The summed E-state index contributed by atoms with van der Waals surface area (Å²) in [5.41, 5.74) is 1.95. The van der Waals surface area contributed by atoms with Crippen molar-refractivity contribution in [3.63, 3.8) is 0 Å². The van der Waals surface area contributed by atoms with Crippen LogP contribution in [0, 0.1) is 0 Å². The van der Waals surface area contributed by atoms with Crippen molar-refractivity contribution in [3.05, 3.63) is 64.5 Å². The van der Waals surface area contributed by atoms with Crippen LogP contribution in [-0.2, 0) is 14.3 Å². The quantitative estimate of drug-likeness (QED) is 0.500. The van der Waals surface area contributed by atoms with E-state index in [-0.39, 0.29) is 10.8 Å². The van der Waals surface area contributed by atoms with E-state index in [0.29, 0.717) is 16.2 Å². The van der Waals surface area contributed by atoms with Crippen LogP contribution in [0.5, 0.6) is 0 Å². The van der Waals surface area contributed by atoms with E-state index in [4.69, 9.17) is 27.9 Å². The van der Waals surface area contributed by atoms with Crippen LogP contribution in [0.1, 0.15) is 12.6 Å². The van der Waals surface area contributed by atoms with Crippen LogP contribution in [0.15, 0.2) is 48.8 Å². The first-order valence-electron chi connectivity index (χ1n) is 8.15. The van der Waals surface area contributed by atoms with Gasteiger partial charge in [-0.25, -0.2) is 14.8 Å². The summed E-state index contributed by atoms with van der Waals surface area (Å²) in [6.45, 7) is 1.43. The van der Waals surface area contributed by atoms with Gasteiger partial charge in [-0.15, -0.1) is 0 Å². The Morgan fingerprint density at radius 1 is 1.14 bits per heavy atom. The molecule has 9 heteroatoms. The highest BCUT2D eigenvalue weighted by Crippen LogP contribution is 2.22. The molecule has 0 fully saturated rings. The average molecular weight is 417 g/mol. The number of aromatic nitrogens is 3. The predicted octanol–water partition coefficient (Wildman–Crippen LogP) is 3.92. The molecular formula is C19H14Cl2N4O3. The highest BCUT2D eigenvalue weighted by Gasteiger charge is 2.18. The van der Waals surface area contributed by atoms with Crippen molar-refractivity contribution in [2.45, 2.75) is 13.0 Å². The normalized spacial score (nSPS) is 12.1. The molecule has 1 amide bonds. The molecule has 0 saturated heterocycles. The lowest BCUT2D eigenvalue weighted by Gasteiger charge is -2.12. The van der Waals surface area contributed by atoms with Crippen LogP contribution in [0.4, 0.5) is 5.82 Å². The molecule has 1 aromatic carbocycles. The lowest BCUT2D eigenvalue weighted by atomic mass is 10.3. The number of carbonyl (C=O) groups is 2. The number of esters is 1. The fourth-order valence-electron chi connectivity index (χ4n) is 2.20. The Hall–Kier alpha value is -3.03. The number of anilines is 1. The number of amides is 1. The minimum atomic E-state index is -1.06. The Labute approximate surface area is 170 Å². The van der Waals surface area contributed by atoms with Crippen molar-refractivity contribution in [2.75, 3.05) is 5.32 Å². The van der Waals surface area contributed by atoms with Crippen LogP contribution in [0.2, 0.25) is 10.0 Å². The molecule has 2 heterocycles. The van der Waals surface area contributed by atoms with E-state index >= 15 is 0 Å². The summed E-state index contributed by atoms with van der Waals surface area (Å²) in [4.78, 5) is 36.6. The Morgan fingerprint density at radius 2 is 1.89 bits per heavy atom. The number of para-hydroxylation sites is 2. The summed E-state index contributed by atoms with van der Waals surface area (Å²) in [7, 11) is 0. The molecular weight excluding hydrogens is 403 g/mol. The number of nitrogens with one attached hydrogen (secondary N) is 1. The molecule has 0 radical (unpaired) electrons. The second-order valence-electron chi connectivity index (χ2n) is 5.67. The Balaban J connectivity index is 1.59. The molecule has 0 unspecified atom stereocenters. The molecule has 3 aromatic rings. The van der Waals surface area contributed by atoms with Crippen molar-refractivity contribution < 1.29 is 14.3 Å². The van der Waals surface area contributed by atoms with Gasteiger partial charge in [0.05, 0.1) is 33.0 Å². The zero-order valence-corrected chi connectivity index (χ0v) is 16.1. The van der Waals surface area contributed by atoms with Gasteiger partial charge in [-0.05, 0) is 31.2 Å². The van der Waals surface area contributed by atoms with Gasteiger partial charge < -0.3 is 10.1 Å². The summed E-state index contributed by atoms with van der Waals surface area (Å²) in [6, 6.07) is 8.81. The number of pyridine rings is 1. The highest BCUT2D eigenvalue weighted by atomic mass is 35.5. The highest BCUT2D eigenvalue weighted by molar-refractivity contribution is 6.36. The van der Waals surface area contributed by atoms with Crippen molar-refractivity contribution >= 4 is 58.0 Å². The summed E-state index contributed by atoms with van der Waals surface area (Å²) >= 11 is 11.7. The second kappa shape index (κ2) is 8.77. The number of benzene rings is 1. The van der Waals surface area contributed by atoms with Gasteiger partial charge in [-0.3, -0.25) is 9.78 Å². The van der Waals surface area contributed by atoms with Gasteiger partial charge in [0.25, 0.3) is 5.91 Å². The minimum Gasteiger partial charge on any atom is -0.449 e. The maximum absolute atomic E-state index is 12.1. The first-order chi connectivity index (χ1) is 13.4. The molecule has 28 heavy (non-hydrogen) atoms. The van der Waals surface area contributed by atoms with E-state index in [1.54, 1.807) is 0 Å². The fraction of sp³-hybridized carbons (Fsp3) is 0.105. The van der Waals surface area contributed by atoms with Crippen molar-refractivity contribution in [2.24, 2.45) is 0 Å². The van der Waals surface area contributed by atoms with Gasteiger partial charge >= 0.3 is 5.97 Å². The fourth-order valence-corrected chi connectivity index (χ4v) is 2.62. The molecule has 0 aliphatic rings. The van der Waals surface area contributed by atoms with Gasteiger partial charge in [-0.2, -0.15) is 0 Å². The number of hydrogen-bond donors (Lipinski definition) is 1. The van der Waals surface area contributed by atoms with E-state index in [9.17, 15) is 9.59 Å². The molecule has 0 aliphatic carbocycles. The molecule has 1 atom stereocenters. The summed E-state index contributed by atoms with van der Waals surface area (Å²) in [5.74, 6) is -1.15. The minimum absolute atomic E-state index is 0.126. The molecule has 0 spiro atoms. The number of ether oxygens (including phenoxy) is 1. The van der Waals surface area contributed by atoms with Gasteiger partial charge in [0, 0.05) is 12.3 Å². The van der Waals surface area contributed by atoms with Crippen molar-refractivity contribution in [1.29, 1.82) is 0 Å². The number of rotatable bonds is 5. The number of hydrogen-bond acceptors (Lipinski definition) is 6. The third-order valence-electron chi connectivity index (χ3n) is 3.57. The molecule has 3 rings (SSSR count). The van der Waals surface area contributed by atoms with Gasteiger partial charge in [0.1, 0.15) is 0 Å². The van der Waals surface area contributed by atoms with Crippen LogP contribution in [-0.4, -0.2) is 32.9 Å². The largest absolute Gasteiger partial charge is 0.449 e. The topological polar surface area (TPSA) is 94.1 Å². The monoisotopic (exact) mass is 416 g/mol. The smallest absolute Gasteiger partial charge is 0.331 e. The molecule has 0 bridgehead atoms. The predicted molar refractivity (Wildman–Crippen MR) is 107 cm³/mol. The zero-order valence-electron chi connectivity index (χ0n) is 14.6. The first-order valence-corrected chi connectivity index (χ1v) is 8.90. The Morgan fingerprint density at radius 3 is 2.64 bits per heavy atom. The van der Waals surface area contributed by atoms with E-state index in [1.807, 2.05) is 24.3 Å². The Bertz CT molecular complexity index is 1070. The second-order valence-corrected chi connectivity index (χ2v) is 6.51. The number of carbonyl (C=O) groups excluding carboxylic acids is 2. The standard InChI is InChI=1S/C19H14Cl2N4O3/c1-11(19(27)25-18-14(21)8-12(20)9-23-18)28-17(26)7-6-13-10-22-15-4-2-3-5-16(15)24-13/h2-11H,1H3,(H,23,25,27)/b7-6-/t11-/m1/s1. The van der Waals surface area contributed by atoms with Crippen molar-refractivity contribution in [3.8, 4) is 0 Å². The zero-order chi connectivity index (χ0) is 20.1. The lowest BCUT2D eigenvalue weighted by molar-refractivity contribution is -0.148. The SMILES string of the molecule is C[C@@H](OC(=O)/C=C\c1cnc2ccccc2n1)C(=O)Nc1ncc(Cl)cc1Cl. The number of halogens is 2.